The van der Waals surface area contributed by atoms with E-state index in [9.17, 15) is 14.4 Å². The molecule has 0 aromatic carbocycles. The molecule has 1 aliphatic rings. The van der Waals surface area contributed by atoms with Crippen molar-refractivity contribution < 1.29 is 24.6 Å². The number of hydrogen-bond acceptors (Lipinski definition) is 4. The molecule has 8 nitrogen and oxygen atoms in total. The van der Waals surface area contributed by atoms with Crippen molar-refractivity contribution in [2.24, 2.45) is 0 Å². The summed E-state index contributed by atoms with van der Waals surface area (Å²) >= 11 is 0. The minimum atomic E-state index is -1.41. The molecule has 1 aliphatic heterocycles. The number of nitrogens with zero attached hydrogens (tertiary/aromatic N) is 2. The largest absolute Gasteiger partial charge is 0.481 e. The number of carboxylic acid groups (broad SMARTS) is 2. The Morgan fingerprint density at radius 1 is 1.25 bits per heavy atom. The van der Waals surface area contributed by atoms with E-state index in [0.29, 0.717) is 6.54 Å². The predicted octanol–water partition coefficient (Wildman–Crippen LogP) is -0.348. The third-order valence-corrected chi connectivity index (χ3v) is 3.27. The van der Waals surface area contributed by atoms with Crippen molar-refractivity contribution in [3.63, 3.8) is 0 Å². The van der Waals surface area contributed by atoms with Crippen LogP contribution in [0.4, 0.5) is 4.79 Å². The fourth-order valence-electron chi connectivity index (χ4n) is 2.03. The number of hydrogen-bond donors (Lipinski definition) is 3. The maximum atomic E-state index is 11.8. The lowest BCUT2D eigenvalue weighted by Crippen LogP contribution is -2.48. The SMILES string of the molecule is CN(CCN1CCCC1)C(=O)N[C@H](CC(=O)O)C(=O)O. The Morgan fingerprint density at radius 2 is 1.85 bits per heavy atom. The van der Waals surface area contributed by atoms with Gasteiger partial charge in [0, 0.05) is 20.1 Å². The van der Waals surface area contributed by atoms with Crippen molar-refractivity contribution in [2.45, 2.75) is 25.3 Å². The number of nitrogens with one attached hydrogen (secondary N) is 1. The maximum absolute atomic E-state index is 11.8. The Hall–Kier alpha value is -1.83. The highest BCUT2D eigenvalue weighted by Gasteiger charge is 2.24. The number of rotatable bonds is 7. The Kier molecular flexibility index (Phi) is 6.23. The second-order valence-corrected chi connectivity index (χ2v) is 4.91. The molecule has 0 aromatic heterocycles. The minimum absolute atomic E-state index is 0.477. The van der Waals surface area contributed by atoms with Gasteiger partial charge in [-0.3, -0.25) is 4.79 Å². The lowest BCUT2D eigenvalue weighted by Gasteiger charge is -2.23. The minimum Gasteiger partial charge on any atom is -0.481 e. The third kappa shape index (κ3) is 5.43. The van der Waals surface area contributed by atoms with E-state index in [0.717, 1.165) is 32.5 Å². The number of carbonyl (C=O) groups excluding carboxylic acids is 1. The van der Waals surface area contributed by atoms with Crippen LogP contribution >= 0.6 is 0 Å². The zero-order valence-corrected chi connectivity index (χ0v) is 11.5. The molecule has 8 heteroatoms. The number of urea groups is 1. The standard InChI is InChI=1S/C12H21N3O5/c1-14(6-7-15-4-2-3-5-15)12(20)13-9(11(18)19)8-10(16)17/h9H,2-8H2,1H3,(H,13,20)(H,16,17)(H,18,19)/t9-/m1/s1. The molecule has 20 heavy (non-hydrogen) atoms. The van der Waals surface area contributed by atoms with Crippen LogP contribution in [-0.4, -0.2) is 77.3 Å². The molecule has 1 saturated heterocycles. The zero-order chi connectivity index (χ0) is 15.1. The average molecular weight is 287 g/mol. The molecule has 114 valence electrons. The highest BCUT2D eigenvalue weighted by Crippen LogP contribution is 2.06. The van der Waals surface area contributed by atoms with E-state index in [1.54, 1.807) is 7.05 Å². The van der Waals surface area contributed by atoms with E-state index in [1.807, 2.05) is 0 Å². The quantitative estimate of drug-likeness (QED) is 0.590. The average Bonchev–Trinajstić information content (AvgIpc) is 2.87. The third-order valence-electron chi connectivity index (χ3n) is 3.27. The predicted molar refractivity (Wildman–Crippen MR) is 70.5 cm³/mol. The number of aliphatic carboxylic acids is 2. The highest BCUT2D eigenvalue weighted by atomic mass is 16.4. The van der Waals surface area contributed by atoms with Gasteiger partial charge in [0.15, 0.2) is 0 Å². The molecule has 3 N–H and O–H groups in total. The van der Waals surface area contributed by atoms with Gasteiger partial charge in [-0.15, -0.1) is 0 Å². The van der Waals surface area contributed by atoms with Gasteiger partial charge in [-0.25, -0.2) is 9.59 Å². The Balaban J connectivity index is 2.37. The molecule has 0 aliphatic carbocycles. The van der Waals surface area contributed by atoms with Crippen LogP contribution in [0.5, 0.6) is 0 Å². The van der Waals surface area contributed by atoms with Gasteiger partial charge in [-0.2, -0.15) is 0 Å². The smallest absolute Gasteiger partial charge is 0.326 e. The molecule has 0 unspecified atom stereocenters. The molecular weight excluding hydrogens is 266 g/mol. The summed E-state index contributed by atoms with van der Waals surface area (Å²) in [7, 11) is 1.56. The van der Waals surface area contributed by atoms with Crippen LogP contribution < -0.4 is 5.32 Å². The van der Waals surface area contributed by atoms with E-state index >= 15 is 0 Å². The molecule has 0 radical (unpaired) electrons. The molecule has 1 rings (SSSR count). The van der Waals surface area contributed by atoms with Gasteiger partial charge >= 0.3 is 18.0 Å². The summed E-state index contributed by atoms with van der Waals surface area (Å²) in [5, 5.41) is 19.7. The van der Waals surface area contributed by atoms with Crippen molar-refractivity contribution in [1.29, 1.82) is 0 Å². The van der Waals surface area contributed by atoms with Crippen LogP contribution in [0.2, 0.25) is 0 Å². The van der Waals surface area contributed by atoms with E-state index in [-0.39, 0.29) is 0 Å². The summed E-state index contributed by atoms with van der Waals surface area (Å²) in [5.41, 5.74) is 0. The lowest BCUT2D eigenvalue weighted by atomic mass is 10.2. The van der Waals surface area contributed by atoms with Crippen molar-refractivity contribution in [3.05, 3.63) is 0 Å². The molecule has 2 amide bonds. The Bertz CT molecular complexity index is 368. The van der Waals surface area contributed by atoms with Gasteiger partial charge in [0.1, 0.15) is 6.04 Å². The van der Waals surface area contributed by atoms with E-state index in [2.05, 4.69) is 10.2 Å². The maximum Gasteiger partial charge on any atom is 0.326 e. The molecule has 0 aromatic rings. The Morgan fingerprint density at radius 3 is 2.35 bits per heavy atom. The number of likely N-dealkylation sites (tertiary alicyclic amines) is 1. The van der Waals surface area contributed by atoms with Crippen molar-refractivity contribution in [2.75, 3.05) is 33.2 Å². The highest BCUT2D eigenvalue weighted by molar-refractivity contribution is 5.86. The first kappa shape index (κ1) is 16.2. The van der Waals surface area contributed by atoms with Gasteiger partial charge in [-0.05, 0) is 25.9 Å². The van der Waals surface area contributed by atoms with E-state index < -0.39 is 30.4 Å². The monoisotopic (exact) mass is 287 g/mol. The summed E-state index contributed by atoms with van der Waals surface area (Å²) in [6, 6.07) is -1.98. The van der Waals surface area contributed by atoms with Crippen molar-refractivity contribution in [1.82, 2.24) is 15.1 Å². The van der Waals surface area contributed by atoms with Crippen molar-refractivity contribution >= 4 is 18.0 Å². The number of carboxylic acids is 2. The van der Waals surface area contributed by atoms with Crippen LogP contribution in [0.25, 0.3) is 0 Å². The molecule has 0 spiro atoms. The second-order valence-electron chi connectivity index (χ2n) is 4.91. The number of carbonyl (C=O) groups is 3. The summed E-state index contributed by atoms with van der Waals surface area (Å²) < 4.78 is 0. The van der Waals surface area contributed by atoms with E-state index in [1.165, 1.54) is 4.90 Å². The second kappa shape index (κ2) is 7.68. The molecule has 1 fully saturated rings. The van der Waals surface area contributed by atoms with Gasteiger partial charge in [0.2, 0.25) is 0 Å². The summed E-state index contributed by atoms with van der Waals surface area (Å²) in [4.78, 5) is 36.8. The van der Waals surface area contributed by atoms with Gasteiger partial charge in [0.25, 0.3) is 0 Å². The molecule has 0 saturated carbocycles. The summed E-state index contributed by atoms with van der Waals surface area (Å²) in [6.45, 7) is 3.25. The van der Waals surface area contributed by atoms with Crippen LogP contribution in [0.1, 0.15) is 19.3 Å². The van der Waals surface area contributed by atoms with Gasteiger partial charge < -0.3 is 25.3 Å². The fourth-order valence-corrected chi connectivity index (χ4v) is 2.03. The zero-order valence-electron chi connectivity index (χ0n) is 11.5. The number of likely N-dealkylation sites (N-methyl/N-ethyl adjacent to an activating group) is 1. The molecule has 0 bridgehead atoms. The van der Waals surface area contributed by atoms with Gasteiger partial charge in [-0.1, -0.05) is 0 Å². The van der Waals surface area contributed by atoms with Crippen LogP contribution in [0, 0.1) is 0 Å². The first-order chi connectivity index (χ1) is 9.40. The molecule has 1 heterocycles. The number of amides is 2. The Labute approximate surface area is 117 Å². The van der Waals surface area contributed by atoms with Crippen LogP contribution in [-0.2, 0) is 9.59 Å². The first-order valence-electron chi connectivity index (χ1n) is 6.58. The topological polar surface area (TPSA) is 110 Å². The fraction of sp³-hybridized carbons (Fsp3) is 0.750. The summed E-state index contributed by atoms with van der Waals surface area (Å²) in [5.74, 6) is -2.62. The van der Waals surface area contributed by atoms with Crippen LogP contribution in [0.15, 0.2) is 0 Å². The molecule has 1 atom stereocenters. The lowest BCUT2D eigenvalue weighted by molar-refractivity contribution is -0.145. The molecular formula is C12H21N3O5. The van der Waals surface area contributed by atoms with Crippen LogP contribution in [0.3, 0.4) is 0 Å². The van der Waals surface area contributed by atoms with E-state index in [4.69, 9.17) is 10.2 Å². The summed E-state index contributed by atoms with van der Waals surface area (Å²) in [6.07, 6.45) is 1.69. The van der Waals surface area contributed by atoms with Gasteiger partial charge in [0.05, 0.1) is 6.42 Å². The van der Waals surface area contributed by atoms with Crippen molar-refractivity contribution in [3.8, 4) is 0 Å². The first-order valence-corrected chi connectivity index (χ1v) is 6.58. The normalized spacial score (nSPS) is 16.6.